The molecule has 0 atom stereocenters. The second-order valence-corrected chi connectivity index (χ2v) is 4.16. The second-order valence-electron chi connectivity index (χ2n) is 3.37. The van der Waals surface area contributed by atoms with Crippen molar-refractivity contribution >= 4 is 21.6 Å². The summed E-state index contributed by atoms with van der Waals surface area (Å²) >= 11 is 3.04. The van der Waals surface area contributed by atoms with Crippen molar-refractivity contribution in [3.63, 3.8) is 0 Å². The summed E-state index contributed by atoms with van der Waals surface area (Å²) in [6, 6.07) is 1.76. The predicted molar refractivity (Wildman–Crippen MR) is 52.9 cm³/mol. The molecule has 1 saturated carbocycles. The SMILES string of the molecule is Nc1cc(C2CCC2)nc(F)c1Br. The minimum absolute atomic E-state index is 0.274. The summed E-state index contributed by atoms with van der Waals surface area (Å²) in [5.41, 5.74) is 6.85. The van der Waals surface area contributed by atoms with Gasteiger partial charge in [0.15, 0.2) is 0 Å². The molecule has 1 fully saturated rings. The van der Waals surface area contributed by atoms with Gasteiger partial charge in [-0.1, -0.05) is 6.42 Å². The number of rotatable bonds is 1. The molecule has 13 heavy (non-hydrogen) atoms. The molecule has 2 rings (SSSR count). The smallest absolute Gasteiger partial charge is 0.229 e. The van der Waals surface area contributed by atoms with Gasteiger partial charge < -0.3 is 5.73 Å². The largest absolute Gasteiger partial charge is 0.398 e. The Morgan fingerprint density at radius 1 is 1.54 bits per heavy atom. The molecule has 0 saturated heterocycles. The lowest BCUT2D eigenvalue weighted by atomic mass is 9.82. The third-order valence-corrected chi connectivity index (χ3v) is 3.27. The van der Waals surface area contributed by atoms with Crippen LogP contribution >= 0.6 is 15.9 Å². The molecular weight excluding hydrogens is 235 g/mol. The number of hydrogen-bond donors (Lipinski definition) is 1. The third kappa shape index (κ3) is 1.55. The minimum Gasteiger partial charge on any atom is -0.398 e. The number of nitrogens with zero attached hydrogens (tertiary/aromatic N) is 1. The van der Waals surface area contributed by atoms with Crippen molar-refractivity contribution < 1.29 is 4.39 Å². The van der Waals surface area contributed by atoms with Crippen molar-refractivity contribution in [2.45, 2.75) is 25.2 Å². The average Bonchev–Trinajstić information content (AvgIpc) is 1.96. The monoisotopic (exact) mass is 244 g/mol. The zero-order valence-electron chi connectivity index (χ0n) is 7.06. The zero-order valence-corrected chi connectivity index (χ0v) is 8.64. The maximum Gasteiger partial charge on any atom is 0.229 e. The maximum atomic E-state index is 13.1. The summed E-state index contributed by atoms with van der Waals surface area (Å²) in [5, 5.41) is 0. The zero-order chi connectivity index (χ0) is 9.42. The molecule has 2 nitrogen and oxygen atoms in total. The lowest BCUT2D eigenvalue weighted by Crippen LogP contribution is -2.12. The Morgan fingerprint density at radius 2 is 2.23 bits per heavy atom. The van der Waals surface area contributed by atoms with Crippen molar-refractivity contribution in [3.8, 4) is 0 Å². The molecule has 1 aromatic rings. The van der Waals surface area contributed by atoms with Crippen LogP contribution in [0, 0.1) is 5.95 Å². The molecular formula is C9H10BrFN2. The number of nitrogen functional groups attached to an aromatic ring is 1. The van der Waals surface area contributed by atoms with Crippen molar-refractivity contribution in [1.82, 2.24) is 4.98 Å². The van der Waals surface area contributed by atoms with Crippen LogP contribution in [0.25, 0.3) is 0 Å². The van der Waals surface area contributed by atoms with Crippen LogP contribution in [0.2, 0.25) is 0 Å². The Bertz CT molecular complexity index is 313. The second kappa shape index (κ2) is 3.25. The predicted octanol–water partition coefficient (Wildman–Crippen LogP) is 2.83. The summed E-state index contributed by atoms with van der Waals surface area (Å²) < 4.78 is 13.4. The molecule has 0 spiro atoms. The Kier molecular flexibility index (Phi) is 2.24. The van der Waals surface area contributed by atoms with Crippen LogP contribution in [0.1, 0.15) is 30.9 Å². The van der Waals surface area contributed by atoms with Gasteiger partial charge in [0, 0.05) is 11.6 Å². The average molecular weight is 245 g/mol. The van der Waals surface area contributed by atoms with Gasteiger partial charge in [0.25, 0.3) is 0 Å². The molecule has 1 aliphatic carbocycles. The number of halogens is 2. The molecule has 70 valence electrons. The molecule has 0 aliphatic heterocycles. The van der Waals surface area contributed by atoms with Crippen LogP contribution in [0.5, 0.6) is 0 Å². The standard InChI is InChI=1S/C9H10BrFN2/c10-8-6(12)4-7(13-9(8)11)5-2-1-3-5/h4-5H,1-3H2,(H2,12,13). The minimum atomic E-state index is -0.498. The lowest BCUT2D eigenvalue weighted by Gasteiger charge is -2.24. The Labute approximate surface area is 84.5 Å². The summed E-state index contributed by atoms with van der Waals surface area (Å²) in [7, 11) is 0. The fourth-order valence-corrected chi connectivity index (χ4v) is 1.65. The molecule has 0 radical (unpaired) electrons. The van der Waals surface area contributed by atoms with Crippen LogP contribution in [-0.2, 0) is 0 Å². The van der Waals surface area contributed by atoms with Crippen LogP contribution in [-0.4, -0.2) is 4.98 Å². The first-order valence-electron chi connectivity index (χ1n) is 4.30. The molecule has 0 aromatic carbocycles. The molecule has 1 aromatic heterocycles. The summed E-state index contributed by atoms with van der Waals surface area (Å²) in [6.07, 6.45) is 3.42. The van der Waals surface area contributed by atoms with E-state index in [1.54, 1.807) is 6.07 Å². The number of pyridine rings is 1. The topological polar surface area (TPSA) is 38.9 Å². The normalized spacial score (nSPS) is 17.1. The van der Waals surface area contributed by atoms with Gasteiger partial charge in [-0.25, -0.2) is 4.98 Å². The Balaban J connectivity index is 2.37. The van der Waals surface area contributed by atoms with E-state index in [1.165, 1.54) is 6.42 Å². The van der Waals surface area contributed by atoms with Crippen LogP contribution in [0.4, 0.5) is 10.1 Å². The fraction of sp³-hybridized carbons (Fsp3) is 0.444. The van der Waals surface area contributed by atoms with E-state index in [2.05, 4.69) is 20.9 Å². The summed E-state index contributed by atoms with van der Waals surface area (Å²) in [5.74, 6) is -0.0770. The molecule has 0 unspecified atom stereocenters. The van der Waals surface area contributed by atoms with Crippen molar-refractivity contribution in [2.24, 2.45) is 0 Å². The molecule has 1 aliphatic rings. The summed E-state index contributed by atoms with van der Waals surface area (Å²) in [4.78, 5) is 3.86. The first-order valence-corrected chi connectivity index (χ1v) is 5.09. The van der Waals surface area contributed by atoms with Crippen LogP contribution < -0.4 is 5.73 Å². The van der Waals surface area contributed by atoms with Crippen molar-refractivity contribution in [1.29, 1.82) is 0 Å². The van der Waals surface area contributed by atoms with E-state index in [-0.39, 0.29) is 4.47 Å². The quantitative estimate of drug-likeness (QED) is 0.772. The number of nitrogens with two attached hydrogens (primary N) is 1. The highest BCUT2D eigenvalue weighted by Gasteiger charge is 2.22. The van der Waals surface area contributed by atoms with E-state index in [0.29, 0.717) is 11.6 Å². The highest BCUT2D eigenvalue weighted by Crippen LogP contribution is 2.37. The van der Waals surface area contributed by atoms with E-state index >= 15 is 0 Å². The fourth-order valence-electron chi connectivity index (χ4n) is 1.45. The van der Waals surface area contributed by atoms with Gasteiger partial charge >= 0.3 is 0 Å². The molecule has 0 bridgehead atoms. The molecule has 4 heteroatoms. The highest BCUT2D eigenvalue weighted by atomic mass is 79.9. The Morgan fingerprint density at radius 3 is 2.69 bits per heavy atom. The van der Waals surface area contributed by atoms with E-state index in [4.69, 9.17) is 5.73 Å². The highest BCUT2D eigenvalue weighted by molar-refractivity contribution is 9.10. The Hall–Kier alpha value is -0.640. The van der Waals surface area contributed by atoms with Gasteiger partial charge in [-0.2, -0.15) is 4.39 Å². The van der Waals surface area contributed by atoms with Gasteiger partial charge in [-0.05, 0) is 34.8 Å². The number of aromatic nitrogens is 1. The molecule has 0 amide bonds. The maximum absolute atomic E-state index is 13.1. The number of anilines is 1. The van der Waals surface area contributed by atoms with E-state index in [1.807, 2.05) is 0 Å². The van der Waals surface area contributed by atoms with Crippen LogP contribution in [0.15, 0.2) is 10.5 Å². The lowest BCUT2D eigenvalue weighted by molar-refractivity contribution is 0.404. The third-order valence-electron chi connectivity index (χ3n) is 2.49. The molecule has 2 N–H and O–H groups in total. The summed E-state index contributed by atoms with van der Waals surface area (Å²) in [6.45, 7) is 0. The van der Waals surface area contributed by atoms with Crippen molar-refractivity contribution in [3.05, 3.63) is 22.2 Å². The number of hydrogen-bond acceptors (Lipinski definition) is 2. The molecule has 1 heterocycles. The first-order chi connectivity index (χ1) is 6.18. The van der Waals surface area contributed by atoms with Crippen molar-refractivity contribution in [2.75, 3.05) is 5.73 Å². The first kappa shape index (κ1) is 8.94. The van der Waals surface area contributed by atoms with E-state index in [9.17, 15) is 4.39 Å². The van der Waals surface area contributed by atoms with E-state index < -0.39 is 5.95 Å². The van der Waals surface area contributed by atoms with Gasteiger partial charge in [-0.3, -0.25) is 0 Å². The van der Waals surface area contributed by atoms with Crippen LogP contribution in [0.3, 0.4) is 0 Å². The van der Waals surface area contributed by atoms with Gasteiger partial charge in [0.2, 0.25) is 5.95 Å². The van der Waals surface area contributed by atoms with Gasteiger partial charge in [-0.15, -0.1) is 0 Å². The van der Waals surface area contributed by atoms with Gasteiger partial charge in [0.1, 0.15) is 0 Å². The van der Waals surface area contributed by atoms with E-state index in [0.717, 1.165) is 18.5 Å². The van der Waals surface area contributed by atoms with Gasteiger partial charge in [0.05, 0.1) is 10.2 Å².